The number of H-pyrrole nitrogens is 1. The van der Waals surface area contributed by atoms with Gasteiger partial charge in [-0.15, -0.1) is 0 Å². The first kappa shape index (κ1) is 12.7. The van der Waals surface area contributed by atoms with Gasteiger partial charge in [0.1, 0.15) is 0 Å². The van der Waals surface area contributed by atoms with E-state index in [2.05, 4.69) is 4.98 Å². The molecule has 0 spiro atoms. The van der Waals surface area contributed by atoms with Crippen molar-refractivity contribution in [2.75, 3.05) is 13.2 Å². The smallest absolute Gasteiger partial charge is 0.252 e. The van der Waals surface area contributed by atoms with Crippen LogP contribution in [0.5, 0.6) is 11.5 Å². The predicted octanol–water partition coefficient (Wildman–Crippen LogP) is 1.66. The fraction of sp³-hybridized carbons (Fsp3) is 0.267. The van der Waals surface area contributed by atoms with Crippen LogP contribution in [0.4, 0.5) is 0 Å². The summed E-state index contributed by atoms with van der Waals surface area (Å²) < 4.78 is 11.2. The zero-order valence-electron chi connectivity index (χ0n) is 11.0. The minimum atomic E-state index is -0.155. The summed E-state index contributed by atoms with van der Waals surface area (Å²) in [4.78, 5) is 14.6. The number of benzene rings is 1. The molecule has 0 saturated carbocycles. The van der Waals surface area contributed by atoms with Gasteiger partial charge in [0.15, 0.2) is 11.5 Å². The molecular formula is C15H16N2O3. The summed E-state index contributed by atoms with van der Waals surface area (Å²) in [6.45, 7) is 1.53. The highest BCUT2D eigenvalue weighted by atomic mass is 16.5. The van der Waals surface area contributed by atoms with Crippen LogP contribution in [-0.4, -0.2) is 18.2 Å². The lowest BCUT2D eigenvalue weighted by molar-refractivity contribution is 0.297. The van der Waals surface area contributed by atoms with E-state index in [9.17, 15) is 4.79 Å². The molecule has 3 rings (SSSR count). The molecule has 5 nitrogen and oxygen atoms in total. The number of aromatic nitrogens is 1. The van der Waals surface area contributed by atoms with Crippen molar-refractivity contribution in [1.82, 2.24) is 4.98 Å². The van der Waals surface area contributed by atoms with Crippen molar-refractivity contribution >= 4 is 0 Å². The number of hydrogen-bond donors (Lipinski definition) is 2. The van der Waals surface area contributed by atoms with Gasteiger partial charge in [-0.2, -0.15) is 0 Å². The van der Waals surface area contributed by atoms with Crippen LogP contribution in [0.25, 0.3) is 11.3 Å². The average molecular weight is 272 g/mol. The second kappa shape index (κ2) is 5.38. The second-order valence-electron chi connectivity index (χ2n) is 4.64. The van der Waals surface area contributed by atoms with Gasteiger partial charge in [0.25, 0.3) is 5.56 Å². The molecule has 0 radical (unpaired) electrons. The number of nitrogens with two attached hydrogens (primary N) is 1. The summed E-state index contributed by atoms with van der Waals surface area (Å²) in [6.07, 6.45) is 0.867. The molecule has 0 unspecified atom stereocenters. The van der Waals surface area contributed by atoms with Crippen LogP contribution in [0.15, 0.2) is 35.1 Å². The Balaban J connectivity index is 2.00. The summed E-state index contributed by atoms with van der Waals surface area (Å²) >= 11 is 0. The third kappa shape index (κ3) is 2.40. The van der Waals surface area contributed by atoms with Gasteiger partial charge in [0, 0.05) is 29.8 Å². The minimum absolute atomic E-state index is 0.155. The van der Waals surface area contributed by atoms with Crippen molar-refractivity contribution < 1.29 is 9.47 Å². The molecule has 2 heterocycles. The fourth-order valence-corrected chi connectivity index (χ4v) is 2.16. The van der Waals surface area contributed by atoms with E-state index in [0.717, 1.165) is 23.4 Å². The molecule has 104 valence electrons. The SMILES string of the molecule is NCc1ccc(-c2ccc3c(c2)OCCCO3)[nH]c1=O. The molecule has 0 atom stereocenters. The Morgan fingerprint density at radius 3 is 2.65 bits per heavy atom. The molecule has 0 fully saturated rings. The van der Waals surface area contributed by atoms with E-state index in [1.807, 2.05) is 24.3 Å². The van der Waals surface area contributed by atoms with E-state index in [4.69, 9.17) is 15.2 Å². The Hall–Kier alpha value is -2.27. The van der Waals surface area contributed by atoms with Gasteiger partial charge in [-0.1, -0.05) is 6.07 Å². The summed E-state index contributed by atoms with van der Waals surface area (Å²) in [5.41, 5.74) is 7.53. The summed E-state index contributed by atoms with van der Waals surface area (Å²) in [5, 5.41) is 0. The van der Waals surface area contributed by atoms with Gasteiger partial charge in [0.05, 0.1) is 13.2 Å². The van der Waals surface area contributed by atoms with Gasteiger partial charge in [0.2, 0.25) is 0 Å². The number of rotatable bonds is 2. The molecule has 3 N–H and O–H groups in total. The lowest BCUT2D eigenvalue weighted by atomic mass is 10.1. The van der Waals surface area contributed by atoms with Crippen LogP contribution in [0.1, 0.15) is 12.0 Å². The number of fused-ring (bicyclic) bond motifs is 1. The highest BCUT2D eigenvalue weighted by molar-refractivity contribution is 5.64. The Morgan fingerprint density at radius 1 is 1.10 bits per heavy atom. The maximum Gasteiger partial charge on any atom is 0.252 e. The van der Waals surface area contributed by atoms with E-state index >= 15 is 0 Å². The topological polar surface area (TPSA) is 77.3 Å². The number of pyridine rings is 1. The molecule has 2 aromatic rings. The maximum absolute atomic E-state index is 11.8. The van der Waals surface area contributed by atoms with Gasteiger partial charge in [-0.3, -0.25) is 4.79 Å². The lowest BCUT2D eigenvalue weighted by Gasteiger charge is -2.09. The van der Waals surface area contributed by atoms with Crippen LogP contribution in [0.2, 0.25) is 0 Å². The number of hydrogen-bond acceptors (Lipinski definition) is 4. The molecule has 1 aliphatic rings. The quantitative estimate of drug-likeness (QED) is 0.871. The van der Waals surface area contributed by atoms with Gasteiger partial charge < -0.3 is 20.2 Å². The monoisotopic (exact) mass is 272 g/mol. The molecule has 1 aromatic carbocycles. The summed E-state index contributed by atoms with van der Waals surface area (Å²) in [6, 6.07) is 9.25. The molecule has 0 amide bonds. The lowest BCUT2D eigenvalue weighted by Crippen LogP contribution is -2.15. The van der Waals surface area contributed by atoms with Crippen LogP contribution in [0.3, 0.4) is 0 Å². The van der Waals surface area contributed by atoms with Crippen molar-refractivity contribution in [3.63, 3.8) is 0 Å². The molecule has 20 heavy (non-hydrogen) atoms. The van der Waals surface area contributed by atoms with E-state index < -0.39 is 0 Å². The predicted molar refractivity (Wildman–Crippen MR) is 76.0 cm³/mol. The van der Waals surface area contributed by atoms with E-state index in [1.54, 1.807) is 6.07 Å². The second-order valence-corrected chi connectivity index (χ2v) is 4.64. The van der Waals surface area contributed by atoms with Gasteiger partial charge in [-0.25, -0.2) is 0 Å². The zero-order valence-corrected chi connectivity index (χ0v) is 11.0. The standard InChI is InChI=1S/C15H16N2O3/c16-9-11-2-4-12(17-15(11)18)10-3-5-13-14(8-10)20-7-1-6-19-13/h2-5,8H,1,6-7,9,16H2,(H,17,18). The van der Waals surface area contributed by atoms with Crippen LogP contribution >= 0.6 is 0 Å². The molecule has 5 heteroatoms. The Bertz CT molecular complexity index is 679. The summed E-state index contributed by atoms with van der Waals surface area (Å²) in [7, 11) is 0. The largest absolute Gasteiger partial charge is 0.490 e. The van der Waals surface area contributed by atoms with E-state index in [-0.39, 0.29) is 12.1 Å². The number of ether oxygens (including phenoxy) is 2. The number of aromatic amines is 1. The average Bonchev–Trinajstić information content (AvgIpc) is 2.71. The van der Waals surface area contributed by atoms with Crippen molar-refractivity contribution in [2.45, 2.75) is 13.0 Å². The number of nitrogens with one attached hydrogen (secondary N) is 1. The molecule has 0 aliphatic carbocycles. The van der Waals surface area contributed by atoms with Crippen LogP contribution in [-0.2, 0) is 6.54 Å². The van der Waals surface area contributed by atoms with Crippen molar-refractivity contribution in [2.24, 2.45) is 5.73 Å². The first-order valence-electron chi connectivity index (χ1n) is 6.60. The molecule has 1 aliphatic heterocycles. The summed E-state index contributed by atoms with van der Waals surface area (Å²) in [5.74, 6) is 1.45. The van der Waals surface area contributed by atoms with E-state index in [1.165, 1.54) is 0 Å². The van der Waals surface area contributed by atoms with E-state index in [0.29, 0.717) is 24.5 Å². The fourth-order valence-electron chi connectivity index (χ4n) is 2.16. The van der Waals surface area contributed by atoms with Crippen LogP contribution < -0.4 is 20.8 Å². The first-order valence-corrected chi connectivity index (χ1v) is 6.60. The van der Waals surface area contributed by atoms with Crippen molar-refractivity contribution in [3.05, 3.63) is 46.2 Å². The molecular weight excluding hydrogens is 256 g/mol. The highest BCUT2D eigenvalue weighted by Crippen LogP contribution is 2.33. The van der Waals surface area contributed by atoms with Gasteiger partial charge >= 0.3 is 0 Å². The van der Waals surface area contributed by atoms with Crippen molar-refractivity contribution in [3.8, 4) is 22.8 Å². The normalized spacial score (nSPS) is 13.8. The zero-order chi connectivity index (χ0) is 13.9. The highest BCUT2D eigenvalue weighted by Gasteiger charge is 2.12. The van der Waals surface area contributed by atoms with Crippen molar-refractivity contribution in [1.29, 1.82) is 0 Å². The third-order valence-corrected chi connectivity index (χ3v) is 3.27. The first-order chi connectivity index (χ1) is 9.78. The molecule has 0 saturated heterocycles. The Kier molecular flexibility index (Phi) is 3.43. The Morgan fingerprint density at radius 2 is 1.90 bits per heavy atom. The Labute approximate surface area is 116 Å². The van der Waals surface area contributed by atoms with Crippen LogP contribution in [0, 0.1) is 0 Å². The maximum atomic E-state index is 11.8. The minimum Gasteiger partial charge on any atom is -0.490 e. The molecule has 0 bridgehead atoms. The third-order valence-electron chi connectivity index (χ3n) is 3.27. The molecule has 1 aromatic heterocycles. The van der Waals surface area contributed by atoms with Gasteiger partial charge in [-0.05, 0) is 24.3 Å².